The van der Waals surface area contributed by atoms with E-state index in [0.29, 0.717) is 6.54 Å². The molecule has 3 unspecified atom stereocenters. The van der Waals surface area contributed by atoms with Crippen molar-refractivity contribution in [3.8, 4) is 0 Å². The number of urea groups is 1. The number of likely N-dealkylation sites (tertiary alicyclic amines) is 1. The first-order valence-corrected chi connectivity index (χ1v) is 6.26. The minimum Gasteiger partial charge on any atom is -0.481 e. The minimum absolute atomic E-state index is 0.0209. The van der Waals surface area contributed by atoms with E-state index in [4.69, 9.17) is 5.11 Å². The maximum atomic E-state index is 12.1. The molecule has 2 rings (SSSR count). The first kappa shape index (κ1) is 13.4. The fourth-order valence-electron chi connectivity index (χ4n) is 2.31. The van der Waals surface area contributed by atoms with Gasteiger partial charge in [0.15, 0.2) is 0 Å². The Labute approximate surface area is 111 Å². The van der Waals surface area contributed by atoms with Crippen molar-refractivity contribution in [3.05, 3.63) is 18.0 Å². The van der Waals surface area contributed by atoms with Gasteiger partial charge in [0.1, 0.15) is 0 Å². The van der Waals surface area contributed by atoms with Gasteiger partial charge >= 0.3 is 12.0 Å². The number of hydrogen-bond donors (Lipinski definition) is 3. The van der Waals surface area contributed by atoms with Gasteiger partial charge in [0, 0.05) is 24.8 Å². The molecule has 2 amide bonds. The first-order chi connectivity index (χ1) is 8.99. The maximum absolute atomic E-state index is 12.1. The lowest BCUT2D eigenvalue weighted by Gasteiger charge is -2.20. The normalized spacial score (nSPS) is 24.2. The molecule has 104 valence electrons. The van der Waals surface area contributed by atoms with Crippen LogP contribution in [0.25, 0.3) is 0 Å². The van der Waals surface area contributed by atoms with Gasteiger partial charge in [0.2, 0.25) is 0 Å². The van der Waals surface area contributed by atoms with Gasteiger partial charge in [-0.2, -0.15) is 5.10 Å². The maximum Gasteiger partial charge on any atom is 0.317 e. The molecule has 1 aliphatic heterocycles. The Hall–Kier alpha value is -2.05. The number of H-pyrrole nitrogens is 1. The lowest BCUT2D eigenvalue weighted by Crippen LogP contribution is -2.40. The Kier molecular flexibility index (Phi) is 3.73. The van der Waals surface area contributed by atoms with Gasteiger partial charge in [-0.05, 0) is 12.8 Å². The van der Waals surface area contributed by atoms with Crippen LogP contribution in [0.3, 0.4) is 0 Å². The van der Waals surface area contributed by atoms with Crippen molar-refractivity contribution in [1.29, 1.82) is 0 Å². The number of nitrogens with one attached hydrogen (secondary N) is 2. The number of hydrogen-bond acceptors (Lipinski definition) is 3. The predicted octanol–water partition coefficient (Wildman–Crippen LogP) is 0.833. The Balaban J connectivity index is 1.93. The molecule has 2 heterocycles. The van der Waals surface area contributed by atoms with E-state index in [1.807, 2.05) is 13.8 Å². The number of carboxylic acid groups (broad SMARTS) is 1. The second-order valence-corrected chi connectivity index (χ2v) is 5.03. The molecule has 0 aromatic carbocycles. The Morgan fingerprint density at radius 3 is 2.84 bits per heavy atom. The Bertz CT molecular complexity index is 460. The van der Waals surface area contributed by atoms with Gasteiger partial charge in [-0.25, -0.2) is 4.79 Å². The molecule has 0 aliphatic carbocycles. The number of carbonyl (C=O) groups is 2. The lowest BCUT2D eigenvalue weighted by atomic mass is 9.99. The van der Waals surface area contributed by atoms with Crippen LogP contribution in [0.2, 0.25) is 0 Å². The smallest absolute Gasteiger partial charge is 0.317 e. The van der Waals surface area contributed by atoms with E-state index < -0.39 is 11.9 Å². The van der Waals surface area contributed by atoms with Crippen LogP contribution in [-0.4, -0.2) is 45.3 Å². The molecule has 3 N–H and O–H groups in total. The summed E-state index contributed by atoms with van der Waals surface area (Å²) in [6.45, 7) is 4.45. The molecule has 0 radical (unpaired) electrons. The van der Waals surface area contributed by atoms with E-state index in [2.05, 4.69) is 15.5 Å². The van der Waals surface area contributed by atoms with Crippen molar-refractivity contribution in [2.24, 2.45) is 11.8 Å². The van der Waals surface area contributed by atoms with Crippen molar-refractivity contribution in [2.45, 2.75) is 19.9 Å². The monoisotopic (exact) mass is 266 g/mol. The third kappa shape index (κ3) is 2.86. The van der Waals surface area contributed by atoms with Gasteiger partial charge in [0.05, 0.1) is 18.2 Å². The van der Waals surface area contributed by atoms with Gasteiger partial charge in [-0.3, -0.25) is 9.89 Å². The third-order valence-electron chi connectivity index (χ3n) is 3.58. The van der Waals surface area contributed by atoms with Crippen LogP contribution in [0.15, 0.2) is 12.4 Å². The highest BCUT2D eigenvalue weighted by Gasteiger charge is 2.37. The van der Waals surface area contributed by atoms with Crippen molar-refractivity contribution < 1.29 is 14.7 Å². The molecule has 19 heavy (non-hydrogen) atoms. The fourth-order valence-corrected chi connectivity index (χ4v) is 2.31. The summed E-state index contributed by atoms with van der Waals surface area (Å²) in [5.74, 6) is -1.34. The minimum atomic E-state index is -0.842. The molecule has 0 saturated carbocycles. The van der Waals surface area contributed by atoms with E-state index in [-0.39, 0.29) is 24.5 Å². The van der Waals surface area contributed by atoms with Crippen molar-refractivity contribution in [2.75, 3.05) is 13.1 Å². The molecule has 1 saturated heterocycles. The van der Waals surface area contributed by atoms with Crippen LogP contribution >= 0.6 is 0 Å². The van der Waals surface area contributed by atoms with E-state index >= 15 is 0 Å². The second-order valence-electron chi connectivity index (χ2n) is 5.03. The molecule has 0 spiro atoms. The van der Waals surface area contributed by atoms with E-state index in [1.165, 1.54) is 0 Å². The number of aliphatic carboxylic acids is 1. The number of aromatic amines is 1. The van der Waals surface area contributed by atoms with Crippen LogP contribution < -0.4 is 5.32 Å². The largest absolute Gasteiger partial charge is 0.481 e. The Morgan fingerprint density at radius 1 is 1.58 bits per heavy atom. The molecular formula is C12H18N4O3. The molecule has 0 bridgehead atoms. The fraction of sp³-hybridized carbons (Fsp3) is 0.583. The SMILES string of the molecule is CC(NC(=O)N1CC(C)C(C(=O)O)C1)c1cn[nH]c1. The number of nitrogens with zero attached hydrogens (tertiary/aromatic N) is 2. The number of aromatic nitrogens is 2. The van der Waals surface area contributed by atoms with Crippen molar-refractivity contribution in [3.63, 3.8) is 0 Å². The van der Waals surface area contributed by atoms with E-state index in [9.17, 15) is 9.59 Å². The average Bonchev–Trinajstić information content (AvgIpc) is 2.96. The zero-order valence-corrected chi connectivity index (χ0v) is 11.0. The summed E-state index contributed by atoms with van der Waals surface area (Å²) in [5.41, 5.74) is 0.885. The first-order valence-electron chi connectivity index (χ1n) is 6.26. The number of rotatable bonds is 3. The van der Waals surface area contributed by atoms with Crippen LogP contribution in [0, 0.1) is 11.8 Å². The number of carboxylic acids is 1. The second kappa shape index (κ2) is 5.29. The van der Waals surface area contributed by atoms with Gasteiger partial charge < -0.3 is 15.3 Å². The van der Waals surface area contributed by atoms with Crippen LogP contribution in [0.5, 0.6) is 0 Å². The molecule has 1 aromatic rings. The quantitative estimate of drug-likeness (QED) is 0.754. The zero-order valence-electron chi connectivity index (χ0n) is 11.0. The summed E-state index contributed by atoms with van der Waals surface area (Å²) in [7, 11) is 0. The summed E-state index contributed by atoms with van der Waals surface area (Å²) in [5, 5.41) is 18.4. The lowest BCUT2D eigenvalue weighted by molar-refractivity contribution is -0.142. The summed E-state index contributed by atoms with van der Waals surface area (Å²) in [6, 6.07) is -0.394. The Morgan fingerprint density at radius 2 is 2.32 bits per heavy atom. The molecule has 7 nitrogen and oxygen atoms in total. The third-order valence-corrected chi connectivity index (χ3v) is 3.58. The van der Waals surface area contributed by atoms with Crippen molar-refractivity contribution in [1.82, 2.24) is 20.4 Å². The zero-order chi connectivity index (χ0) is 14.0. The summed E-state index contributed by atoms with van der Waals surface area (Å²) in [6.07, 6.45) is 3.37. The molecule has 1 aliphatic rings. The molecule has 3 atom stereocenters. The van der Waals surface area contributed by atoms with Crippen LogP contribution in [0.4, 0.5) is 4.79 Å². The topological polar surface area (TPSA) is 98.3 Å². The molecular weight excluding hydrogens is 248 g/mol. The summed E-state index contributed by atoms with van der Waals surface area (Å²) >= 11 is 0. The molecule has 7 heteroatoms. The predicted molar refractivity (Wildman–Crippen MR) is 67.4 cm³/mol. The highest BCUT2D eigenvalue weighted by molar-refractivity contribution is 5.78. The molecule has 1 fully saturated rings. The van der Waals surface area contributed by atoms with Crippen LogP contribution in [0.1, 0.15) is 25.5 Å². The summed E-state index contributed by atoms with van der Waals surface area (Å²) in [4.78, 5) is 24.6. The molecule has 1 aromatic heterocycles. The number of amides is 2. The van der Waals surface area contributed by atoms with Gasteiger partial charge in [-0.1, -0.05) is 6.92 Å². The highest BCUT2D eigenvalue weighted by atomic mass is 16.4. The highest BCUT2D eigenvalue weighted by Crippen LogP contribution is 2.23. The van der Waals surface area contributed by atoms with E-state index in [0.717, 1.165) is 5.56 Å². The van der Waals surface area contributed by atoms with Gasteiger partial charge in [-0.15, -0.1) is 0 Å². The summed E-state index contributed by atoms with van der Waals surface area (Å²) < 4.78 is 0. The van der Waals surface area contributed by atoms with E-state index in [1.54, 1.807) is 17.3 Å². The van der Waals surface area contributed by atoms with Gasteiger partial charge in [0.25, 0.3) is 0 Å². The standard InChI is InChI=1S/C12H18N4O3/c1-7-5-16(6-10(7)11(17)18)12(19)15-8(2)9-3-13-14-4-9/h3-4,7-8,10H,5-6H2,1-2H3,(H,13,14)(H,15,19)(H,17,18). The van der Waals surface area contributed by atoms with Crippen LogP contribution in [-0.2, 0) is 4.79 Å². The van der Waals surface area contributed by atoms with Crippen molar-refractivity contribution >= 4 is 12.0 Å². The number of carbonyl (C=O) groups excluding carboxylic acids is 1. The average molecular weight is 266 g/mol.